The smallest absolute Gasteiger partial charge is 0.282 e. The molecule has 2 aromatic heterocycles. The van der Waals surface area contributed by atoms with Gasteiger partial charge in [0.15, 0.2) is 5.82 Å². The first kappa shape index (κ1) is 25.5. The number of aromatic nitrogens is 3. The first-order valence-corrected chi connectivity index (χ1v) is 13.2. The van der Waals surface area contributed by atoms with Crippen LogP contribution in [0.3, 0.4) is 0 Å². The van der Waals surface area contributed by atoms with Crippen molar-refractivity contribution in [3.63, 3.8) is 0 Å². The highest BCUT2D eigenvalue weighted by atomic mass is 16.5. The summed E-state index contributed by atoms with van der Waals surface area (Å²) in [4.78, 5) is 18.7. The molecule has 3 aromatic carbocycles. The summed E-state index contributed by atoms with van der Waals surface area (Å²) in [7, 11) is 1.69. The van der Waals surface area contributed by atoms with E-state index in [0.29, 0.717) is 22.8 Å². The van der Waals surface area contributed by atoms with Gasteiger partial charge in [0.25, 0.3) is 5.56 Å². The zero-order valence-electron chi connectivity index (χ0n) is 22.9. The predicted octanol–water partition coefficient (Wildman–Crippen LogP) is 7.31. The molecule has 0 saturated heterocycles. The molecule has 0 aliphatic heterocycles. The van der Waals surface area contributed by atoms with Crippen LogP contribution < -0.4 is 10.3 Å². The SMILES string of the molecule is CC[C@@H](C)n1cc(C=Nn2c(-c3cc(C(C)C)c(OC)cc3C)nc3ccccc3c2=O)c2ccccc21. The Labute approximate surface area is 223 Å². The van der Waals surface area contributed by atoms with E-state index in [9.17, 15) is 4.79 Å². The molecule has 6 nitrogen and oxygen atoms in total. The average molecular weight is 507 g/mol. The highest BCUT2D eigenvalue weighted by Gasteiger charge is 2.19. The van der Waals surface area contributed by atoms with Crippen LogP contribution in [0.1, 0.15) is 62.8 Å². The summed E-state index contributed by atoms with van der Waals surface area (Å²) < 4.78 is 9.38. The molecule has 0 spiro atoms. The summed E-state index contributed by atoms with van der Waals surface area (Å²) >= 11 is 0. The Hall–Kier alpha value is -4.19. The van der Waals surface area contributed by atoms with Crippen LogP contribution in [-0.2, 0) is 0 Å². The van der Waals surface area contributed by atoms with Gasteiger partial charge in [0.05, 0.1) is 24.2 Å². The Morgan fingerprint density at radius 2 is 1.74 bits per heavy atom. The topological polar surface area (TPSA) is 61.4 Å². The summed E-state index contributed by atoms with van der Waals surface area (Å²) in [6.45, 7) is 10.7. The van der Waals surface area contributed by atoms with Crippen LogP contribution in [0.25, 0.3) is 33.2 Å². The fourth-order valence-electron chi connectivity index (χ4n) is 4.99. The largest absolute Gasteiger partial charge is 0.496 e. The number of benzene rings is 3. The highest BCUT2D eigenvalue weighted by Crippen LogP contribution is 2.34. The summed E-state index contributed by atoms with van der Waals surface area (Å²) in [6.07, 6.45) is 4.92. The fraction of sp³-hybridized carbons (Fsp3) is 0.281. The third-order valence-corrected chi connectivity index (χ3v) is 7.34. The van der Waals surface area contributed by atoms with Crippen LogP contribution in [-0.4, -0.2) is 27.6 Å². The van der Waals surface area contributed by atoms with Crippen molar-refractivity contribution in [3.8, 4) is 17.1 Å². The standard InChI is InChI=1S/C32H34N4O2/c1-7-22(5)35-19-23(24-12-9-11-15-29(24)35)18-33-36-31(34-28-14-10-8-13-25(28)32(36)37)27-17-26(20(2)3)30(38-6)16-21(27)4/h8-20,22H,7H2,1-6H3/t22-/m1/s1. The molecule has 38 heavy (non-hydrogen) atoms. The van der Waals surface area contributed by atoms with E-state index in [4.69, 9.17) is 14.8 Å². The van der Waals surface area contributed by atoms with Gasteiger partial charge < -0.3 is 9.30 Å². The Morgan fingerprint density at radius 1 is 1.03 bits per heavy atom. The number of fused-ring (bicyclic) bond motifs is 2. The van der Waals surface area contributed by atoms with Gasteiger partial charge in [-0.3, -0.25) is 4.79 Å². The minimum absolute atomic E-state index is 0.200. The van der Waals surface area contributed by atoms with E-state index in [1.807, 2.05) is 37.3 Å². The summed E-state index contributed by atoms with van der Waals surface area (Å²) in [5.74, 6) is 1.58. The van der Waals surface area contributed by atoms with Gasteiger partial charge in [0, 0.05) is 34.3 Å². The Morgan fingerprint density at radius 3 is 2.45 bits per heavy atom. The lowest BCUT2D eigenvalue weighted by atomic mass is 9.96. The van der Waals surface area contributed by atoms with Crippen molar-refractivity contribution >= 4 is 28.0 Å². The van der Waals surface area contributed by atoms with E-state index in [-0.39, 0.29) is 11.5 Å². The number of para-hydroxylation sites is 2. The number of ether oxygens (including phenoxy) is 1. The number of nitrogens with zero attached hydrogens (tertiary/aromatic N) is 4. The average Bonchev–Trinajstić information content (AvgIpc) is 3.30. The highest BCUT2D eigenvalue weighted by molar-refractivity contribution is 5.99. The second-order valence-corrected chi connectivity index (χ2v) is 10.1. The second-order valence-electron chi connectivity index (χ2n) is 10.1. The van der Waals surface area contributed by atoms with Gasteiger partial charge in [-0.2, -0.15) is 9.78 Å². The minimum Gasteiger partial charge on any atom is -0.496 e. The molecule has 0 saturated carbocycles. The molecule has 5 aromatic rings. The summed E-state index contributed by atoms with van der Waals surface area (Å²) in [5, 5.41) is 6.41. The number of methoxy groups -OCH3 is 1. The molecule has 0 radical (unpaired) electrons. The van der Waals surface area contributed by atoms with E-state index >= 15 is 0 Å². The van der Waals surface area contributed by atoms with Crippen LogP contribution in [0.5, 0.6) is 5.75 Å². The lowest BCUT2D eigenvalue weighted by Gasteiger charge is -2.17. The zero-order valence-corrected chi connectivity index (χ0v) is 22.9. The molecular formula is C32H34N4O2. The molecule has 0 fully saturated rings. The zero-order chi connectivity index (χ0) is 27.0. The maximum Gasteiger partial charge on any atom is 0.282 e. The molecule has 0 unspecified atom stereocenters. The number of hydrogen-bond donors (Lipinski definition) is 0. The first-order chi connectivity index (χ1) is 18.3. The van der Waals surface area contributed by atoms with Crippen molar-refractivity contribution in [2.75, 3.05) is 7.11 Å². The molecule has 0 amide bonds. The number of hydrogen-bond acceptors (Lipinski definition) is 4. The van der Waals surface area contributed by atoms with Crippen molar-refractivity contribution in [3.05, 3.63) is 93.9 Å². The van der Waals surface area contributed by atoms with Crippen molar-refractivity contribution in [2.45, 2.75) is 53.0 Å². The van der Waals surface area contributed by atoms with Crippen LogP contribution in [0.2, 0.25) is 0 Å². The molecule has 2 heterocycles. The van der Waals surface area contributed by atoms with Gasteiger partial charge in [-0.05, 0) is 67.6 Å². The van der Waals surface area contributed by atoms with E-state index < -0.39 is 0 Å². The molecule has 0 aliphatic carbocycles. The number of aryl methyl sites for hydroxylation is 1. The van der Waals surface area contributed by atoms with E-state index in [1.165, 1.54) is 4.68 Å². The molecule has 0 aliphatic rings. The molecule has 0 N–H and O–H groups in total. The third-order valence-electron chi connectivity index (χ3n) is 7.34. The van der Waals surface area contributed by atoms with Crippen molar-refractivity contribution in [1.82, 2.24) is 14.2 Å². The maximum atomic E-state index is 13.8. The van der Waals surface area contributed by atoms with Crippen LogP contribution in [0.15, 0.2) is 76.8 Å². The van der Waals surface area contributed by atoms with Crippen molar-refractivity contribution in [2.24, 2.45) is 5.10 Å². The molecule has 0 bridgehead atoms. The minimum atomic E-state index is -0.200. The van der Waals surface area contributed by atoms with Crippen LogP contribution in [0.4, 0.5) is 0 Å². The summed E-state index contributed by atoms with van der Waals surface area (Å²) in [6, 6.07) is 20.2. The Kier molecular flexibility index (Phi) is 6.89. The second kappa shape index (κ2) is 10.3. The lowest BCUT2D eigenvalue weighted by Crippen LogP contribution is -2.20. The normalized spacial score (nSPS) is 12.7. The van der Waals surface area contributed by atoms with Gasteiger partial charge in [-0.15, -0.1) is 0 Å². The Bertz CT molecular complexity index is 1730. The molecule has 194 valence electrons. The van der Waals surface area contributed by atoms with E-state index in [0.717, 1.165) is 45.3 Å². The summed E-state index contributed by atoms with van der Waals surface area (Å²) in [5.41, 5.74) is 5.44. The molecule has 1 atom stereocenters. The van der Waals surface area contributed by atoms with Crippen molar-refractivity contribution in [1.29, 1.82) is 0 Å². The predicted molar refractivity (Wildman–Crippen MR) is 157 cm³/mol. The molecule has 6 heteroatoms. The van der Waals surface area contributed by atoms with E-state index in [1.54, 1.807) is 19.4 Å². The Balaban J connectivity index is 1.75. The van der Waals surface area contributed by atoms with Crippen LogP contribution >= 0.6 is 0 Å². The van der Waals surface area contributed by atoms with Gasteiger partial charge in [0.2, 0.25) is 0 Å². The third kappa shape index (κ3) is 4.40. The maximum absolute atomic E-state index is 13.8. The van der Waals surface area contributed by atoms with Gasteiger partial charge in [0.1, 0.15) is 5.75 Å². The monoisotopic (exact) mass is 506 g/mol. The first-order valence-electron chi connectivity index (χ1n) is 13.2. The van der Waals surface area contributed by atoms with Gasteiger partial charge >= 0.3 is 0 Å². The lowest BCUT2D eigenvalue weighted by molar-refractivity contribution is 0.407. The quantitative estimate of drug-likeness (QED) is 0.217. The van der Waals surface area contributed by atoms with E-state index in [2.05, 4.69) is 62.7 Å². The molecular weight excluding hydrogens is 472 g/mol. The van der Waals surface area contributed by atoms with Crippen molar-refractivity contribution < 1.29 is 4.74 Å². The van der Waals surface area contributed by atoms with Gasteiger partial charge in [-0.1, -0.05) is 51.1 Å². The fourth-order valence-corrected chi connectivity index (χ4v) is 4.99. The number of rotatable bonds is 7. The van der Waals surface area contributed by atoms with Gasteiger partial charge in [-0.25, -0.2) is 4.98 Å². The van der Waals surface area contributed by atoms with Crippen LogP contribution in [0, 0.1) is 6.92 Å². The molecule has 5 rings (SSSR count).